The standard InChI is InChI=1S/C14H29NO2Si3/c1-8-15(14-12-10-9-11-13-14)19(4,5)17-20(6,7)16-18(2)3/h9-13,18H,8H2,1-7H3. The Morgan fingerprint density at radius 3 is 2.05 bits per heavy atom. The molecule has 0 aliphatic rings. The molecule has 0 atom stereocenters. The number of benzene rings is 1. The molecule has 114 valence electrons. The second-order valence-corrected chi connectivity index (χ2v) is 16.3. The van der Waals surface area contributed by atoms with Crippen LogP contribution in [0, 0.1) is 0 Å². The Labute approximate surface area is 128 Å². The summed E-state index contributed by atoms with van der Waals surface area (Å²) in [5.41, 5.74) is 1.25. The molecule has 0 bridgehead atoms. The van der Waals surface area contributed by atoms with Crippen molar-refractivity contribution in [3.05, 3.63) is 30.3 Å². The van der Waals surface area contributed by atoms with Crippen molar-refractivity contribution in [2.24, 2.45) is 0 Å². The first-order valence-corrected chi connectivity index (χ1v) is 15.8. The minimum absolute atomic E-state index is 0.965. The van der Waals surface area contributed by atoms with Crippen LogP contribution >= 0.6 is 0 Å². The first kappa shape index (κ1) is 17.6. The Kier molecular flexibility index (Phi) is 6.21. The van der Waals surface area contributed by atoms with Gasteiger partial charge in [0.2, 0.25) is 0 Å². The topological polar surface area (TPSA) is 21.7 Å². The van der Waals surface area contributed by atoms with Crippen molar-refractivity contribution in [2.75, 3.05) is 11.1 Å². The van der Waals surface area contributed by atoms with E-state index in [4.69, 9.17) is 8.23 Å². The highest BCUT2D eigenvalue weighted by Gasteiger charge is 2.39. The van der Waals surface area contributed by atoms with E-state index in [9.17, 15) is 0 Å². The Hall–Kier alpha value is -0.409. The number of rotatable bonds is 7. The van der Waals surface area contributed by atoms with Crippen molar-refractivity contribution >= 4 is 31.8 Å². The van der Waals surface area contributed by atoms with Crippen molar-refractivity contribution in [3.63, 3.8) is 0 Å². The summed E-state index contributed by atoms with van der Waals surface area (Å²) in [5, 5.41) is 0. The monoisotopic (exact) mass is 327 g/mol. The Morgan fingerprint density at radius 2 is 1.60 bits per heavy atom. The van der Waals surface area contributed by atoms with E-state index < -0.39 is 26.1 Å². The Morgan fingerprint density at radius 1 is 1.05 bits per heavy atom. The molecule has 0 N–H and O–H groups in total. The van der Waals surface area contributed by atoms with Crippen LogP contribution in [0.3, 0.4) is 0 Å². The summed E-state index contributed by atoms with van der Waals surface area (Å²) in [7, 11) is -5.07. The lowest BCUT2D eigenvalue weighted by molar-refractivity contribution is 0.399. The van der Waals surface area contributed by atoms with E-state index >= 15 is 0 Å². The van der Waals surface area contributed by atoms with Crippen molar-refractivity contribution in [1.82, 2.24) is 0 Å². The minimum atomic E-state index is -2.03. The molecule has 0 aliphatic heterocycles. The van der Waals surface area contributed by atoms with E-state index in [0.29, 0.717) is 0 Å². The molecule has 20 heavy (non-hydrogen) atoms. The molecule has 0 fully saturated rings. The van der Waals surface area contributed by atoms with Crippen molar-refractivity contribution in [1.29, 1.82) is 0 Å². The summed E-state index contributed by atoms with van der Waals surface area (Å²) in [5.74, 6) is 0. The van der Waals surface area contributed by atoms with Crippen molar-refractivity contribution in [3.8, 4) is 0 Å². The van der Waals surface area contributed by atoms with E-state index in [-0.39, 0.29) is 0 Å². The molecule has 1 aromatic carbocycles. The molecule has 1 aromatic rings. The second-order valence-electron chi connectivity index (χ2n) is 6.20. The minimum Gasteiger partial charge on any atom is -0.440 e. The number of hydrogen-bond acceptors (Lipinski definition) is 3. The fourth-order valence-corrected chi connectivity index (χ4v) is 14.7. The summed E-state index contributed by atoms with van der Waals surface area (Å²) >= 11 is 0. The highest BCUT2D eigenvalue weighted by molar-refractivity contribution is 6.86. The van der Waals surface area contributed by atoms with Gasteiger partial charge < -0.3 is 12.8 Å². The van der Waals surface area contributed by atoms with Crippen LogP contribution in [0.25, 0.3) is 0 Å². The van der Waals surface area contributed by atoms with Crippen LogP contribution in [-0.2, 0) is 8.23 Å². The SMILES string of the molecule is CCN(c1ccccc1)[Si](C)(C)O[Si](C)(C)O[SiH](C)C. The van der Waals surface area contributed by atoms with E-state index in [1.54, 1.807) is 0 Å². The fourth-order valence-electron chi connectivity index (χ4n) is 2.73. The molecule has 0 saturated carbocycles. The molecule has 0 amide bonds. The third-order valence-corrected chi connectivity index (χ3v) is 13.0. The average molecular weight is 328 g/mol. The largest absolute Gasteiger partial charge is 0.440 e. The van der Waals surface area contributed by atoms with Gasteiger partial charge in [-0.1, -0.05) is 18.2 Å². The zero-order valence-corrected chi connectivity index (χ0v) is 17.1. The summed E-state index contributed by atoms with van der Waals surface area (Å²) in [6.45, 7) is 16.5. The maximum Gasteiger partial charge on any atom is 0.312 e. The van der Waals surface area contributed by atoms with E-state index in [1.165, 1.54) is 5.69 Å². The third-order valence-electron chi connectivity index (χ3n) is 3.05. The fraction of sp³-hybridized carbons (Fsp3) is 0.571. The zero-order valence-electron chi connectivity index (χ0n) is 13.9. The summed E-state index contributed by atoms with van der Waals surface area (Å²) in [6.07, 6.45) is 0. The summed E-state index contributed by atoms with van der Waals surface area (Å²) < 4.78 is 15.2. The first-order chi connectivity index (χ1) is 9.18. The lowest BCUT2D eigenvalue weighted by Crippen LogP contribution is -2.58. The van der Waals surface area contributed by atoms with Crippen LogP contribution < -0.4 is 4.57 Å². The van der Waals surface area contributed by atoms with Crippen LogP contribution in [0.2, 0.25) is 39.3 Å². The number of hydrogen-bond donors (Lipinski definition) is 0. The Bertz CT molecular complexity index is 410. The van der Waals surface area contributed by atoms with E-state index in [0.717, 1.165) is 6.54 Å². The highest BCUT2D eigenvalue weighted by Crippen LogP contribution is 2.25. The van der Waals surface area contributed by atoms with Crippen LogP contribution in [0.4, 0.5) is 5.69 Å². The lowest BCUT2D eigenvalue weighted by Gasteiger charge is -2.42. The molecule has 0 spiro atoms. The normalized spacial score (nSPS) is 12.8. The molecule has 0 aliphatic carbocycles. The molecular formula is C14H29NO2Si3. The van der Waals surface area contributed by atoms with Crippen LogP contribution in [0.5, 0.6) is 0 Å². The predicted molar refractivity (Wildman–Crippen MR) is 95.5 cm³/mol. The number of anilines is 1. The van der Waals surface area contributed by atoms with Gasteiger partial charge in [0.05, 0.1) is 0 Å². The molecule has 0 heterocycles. The molecular weight excluding hydrogens is 298 g/mol. The molecule has 6 heteroatoms. The van der Waals surface area contributed by atoms with Crippen LogP contribution in [0.15, 0.2) is 30.3 Å². The maximum atomic E-state index is 6.56. The van der Waals surface area contributed by atoms with Gasteiger partial charge in [0.1, 0.15) is 0 Å². The van der Waals surface area contributed by atoms with Crippen molar-refractivity contribution in [2.45, 2.75) is 46.2 Å². The van der Waals surface area contributed by atoms with Gasteiger partial charge in [-0.25, -0.2) is 0 Å². The van der Waals surface area contributed by atoms with Gasteiger partial charge in [-0.2, -0.15) is 0 Å². The maximum absolute atomic E-state index is 6.56. The van der Waals surface area contributed by atoms with Gasteiger partial charge in [0.15, 0.2) is 9.04 Å². The Balaban J connectivity index is 2.90. The molecule has 3 nitrogen and oxygen atoms in total. The van der Waals surface area contributed by atoms with Gasteiger partial charge >= 0.3 is 8.56 Å². The first-order valence-electron chi connectivity index (χ1n) is 7.38. The summed E-state index contributed by atoms with van der Waals surface area (Å²) in [4.78, 5) is 0. The third kappa shape index (κ3) is 5.17. The van der Waals surface area contributed by atoms with Gasteiger partial charge in [-0.05, 0) is 58.3 Å². The lowest BCUT2D eigenvalue weighted by atomic mass is 10.3. The molecule has 0 aromatic heterocycles. The van der Waals surface area contributed by atoms with Gasteiger partial charge in [-0.15, -0.1) is 0 Å². The van der Waals surface area contributed by atoms with Crippen LogP contribution in [-0.4, -0.2) is 32.6 Å². The predicted octanol–water partition coefficient (Wildman–Crippen LogP) is 3.93. The number of para-hydroxylation sites is 1. The summed E-state index contributed by atoms with van der Waals surface area (Å²) in [6, 6.07) is 10.5. The van der Waals surface area contributed by atoms with E-state index in [2.05, 4.69) is 81.1 Å². The van der Waals surface area contributed by atoms with E-state index in [1.807, 2.05) is 0 Å². The number of nitrogens with zero attached hydrogens (tertiary/aromatic N) is 1. The van der Waals surface area contributed by atoms with Gasteiger partial charge in [0, 0.05) is 12.2 Å². The highest BCUT2D eigenvalue weighted by atomic mass is 28.5. The smallest absolute Gasteiger partial charge is 0.312 e. The van der Waals surface area contributed by atoms with Crippen molar-refractivity contribution < 1.29 is 8.23 Å². The van der Waals surface area contributed by atoms with Crippen LogP contribution in [0.1, 0.15) is 6.92 Å². The molecule has 0 saturated heterocycles. The molecule has 0 radical (unpaired) electrons. The van der Waals surface area contributed by atoms with Gasteiger partial charge in [-0.3, -0.25) is 0 Å². The quantitative estimate of drug-likeness (QED) is 0.708. The average Bonchev–Trinajstić information content (AvgIpc) is 2.27. The molecule has 0 unspecified atom stereocenters. The van der Waals surface area contributed by atoms with Gasteiger partial charge in [0.25, 0.3) is 8.48 Å². The molecule has 1 rings (SSSR count). The second kappa shape index (κ2) is 7.04. The zero-order chi connectivity index (χ0) is 15.4.